The van der Waals surface area contributed by atoms with Crippen molar-refractivity contribution >= 4 is 5.97 Å². The van der Waals surface area contributed by atoms with Gasteiger partial charge in [-0.05, 0) is 48.6 Å². The number of ether oxygens (including phenoxy) is 1. The van der Waals surface area contributed by atoms with Crippen LogP contribution in [-0.2, 0) is 9.53 Å². The summed E-state index contributed by atoms with van der Waals surface area (Å²) in [6, 6.07) is 11.1. The molecule has 4 rings (SSSR count). The number of rotatable bonds is 5. The lowest BCUT2D eigenvalue weighted by atomic mass is 9.89. The summed E-state index contributed by atoms with van der Waals surface area (Å²) < 4.78 is 7.40. The van der Waals surface area contributed by atoms with E-state index in [2.05, 4.69) is 5.10 Å². The summed E-state index contributed by atoms with van der Waals surface area (Å²) in [5.74, 6) is 2.00. The zero-order valence-corrected chi connectivity index (χ0v) is 13.2. The van der Waals surface area contributed by atoms with Gasteiger partial charge in [-0.1, -0.05) is 36.8 Å². The van der Waals surface area contributed by atoms with Gasteiger partial charge >= 0.3 is 5.97 Å². The first-order chi connectivity index (χ1) is 11.3. The molecule has 0 unspecified atom stereocenters. The molecule has 1 heterocycles. The predicted molar refractivity (Wildman–Crippen MR) is 86.7 cm³/mol. The van der Waals surface area contributed by atoms with Crippen molar-refractivity contribution in [2.75, 3.05) is 6.61 Å². The molecule has 4 nitrogen and oxygen atoms in total. The van der Waals surface area contributed by atoms with E-state index in [-0.39, 0.29) is 5.97 Å². The lowest BCUT2D eigenvalue weighted by molar-refractivity contribution is -0.148. The Labute approximate surface area is 136 Å². The zero-order valence-electron chi connectivity index (χ0n) is 13.2. The topological polar surface area (TPSA) is 44.1 Å². The number of esters is 1. The molecule has 23 heavy (non-hydrogen) atoms. The van der Waals surface area contributed by atoms with Crippen LogP contribution in [0.25, 0.3) is 0 Å². The lowest BCUT2D eigenvalue weighted by Gasteiger charge is -2.23. The summed E-state index contributed by atoms with van der Waals surface area (Å²) in [5.41, 5.74) is 0.911. The standard InChI is InChI=1S/C19H22N2O2/c22-19(23-13-17-12-14-7-8-16(17)11-14)18(21-10-4-9-20-21)15-5-2-1-3-6-15/h1-6,9-10,14,16-18H,7-8,11-13H2/t14-,16-,17+,18+/m0/s1. The number of carbonyl (C=O) groups excluding carboxylic acids is 1. The van der Waals surface area contributed by atoms with Gasteiger partial charge in [-0.25, -0.2) is 4.79 Å². The molecule has 2 aliphatic carbocycles. The number of benzene rings is 1. The molecule has 1 aromatic heterocycles. The first-order valence-corrected chi connectivity index (χ1v) is 8.52. The van der Waals surface area contributed by atoms with Crippen molar-refractivity contribution in [1.82, 2.24) is 9.78 Å². The number of aromatic nitrogens is 2. The van der Waals surface area contributed by atoms with Crippen molar-refractivity contribution in [3.05, 3.63) is 54.4 Å². The molecular weight excluding hydrogens is 288 g/mol. The minimum Gasteiger partial charge on any atom is -0.464 e. The van der Waals surface area contributed by atoms with Gasteiger partial charge in [0, 0.05) is 12.4 Å². The molecule has 2 aliphatic rings. The summed E-state index contributed by atoms with van der Waals surface area (Å²) in [7, 11) is 0. The molecule has 2 aromatic rings. The molecular formula is C19H22N2O2. The molecule has 0 saturated heterocycles. The van der Waals surface area contributed by atoms with Crippen LogP contribution in [0.15, 0.2) is 48.8 Å². The second kappa shape index (κ2) is 6.19. The van der Waals surface area contributed by atoms with E-state index in [4.69, 9.17) is 4.74 Å². The highest BCUT2D eigenvalue weighted by molar-refractivity contribution is 5.78. The molecule has 4 heteroatoms. The fraction of sp³-hybridized carbons (Fsp3) is 0.474. The van der Waals surface area contributed by atoms with Crippen molar-refractivity contribution < 1.29 is 9.53 Å². The number of hydrogen-bond donors (Lipinski definition) is 0. The summed E-state index contributed by atoms with van der Waals surface area (Å²) in [5, 5.41) is 4.25. The zero-order chi connectivity index (χ0) is 15.6. The summed E-state index contributed by atoms with van der Waals surface area (Å²) in [6.45, 7) is 0.560. The summed E-state index contributed by atoms with van der Waals surface area (Å²) in [4.78, 5) is 12.7. The maximum Gasteiger partial charge on any atom is 0.335 e. The van der Waals surface area contributed by atoms with Crippen LogP contribution in [0.2, 0.25) is 0 Å². The Bertz CT molecular complexity index is 653. The van der Waals surface area contributed by atoms with E-state index in [1.54, 1.807) is 10.9 Å². The molecule has 2 saturated carbocycles. The fourth-order valence-electron chi connectivity index (χ4n) is 4.31. The molecule has 120 valence electrons. The highest BCUT2D eigenvalue weighted by Gasteiger charge is 2.40. The SMILES string of the molecule is O=C(OC[C@H]1C[C@H]2CC[C@H]1C2)[C@@H](c1ccccc1)n1cccn1. The Kier molecular flexibility index (Phi) is 3.90. The predicted octanol–water partition coefficient (Wildman–Crippen LogP) is 3.45. The second-order valence-electron chi connectivity index (χ2n) is 6.86. The summed E-state index contributed by atoms with van der Waals surface area (Å²) in [6.07, 6.45) is 8.76. The largest absolute Gasteiger partial charge is 0.464 e. The van der Waals surface area contributed by atoms with E-state index in [0.717, 1.165) is 17.4 Å². The van der Waals surface area contributed by atoms with E-state index in [9.17, 15) is 4.79 Å². The Morgan fingerprint density at radius 2 is 2.09 bits per heavy atom. The van der Waals surface area contributed by atoms with Crippen LogP contribution in [-0.4, -0.2) is 22.4 Å². The van der Waals surface area contributed by atoms with Gasteiger partial charge in [0.05, 0.1) is 6.61 Å². The molecule has 0 N–H and O–H groups in total. The third-order valence-electron chi connectivity index (χ3n) is 5.45. The van der Waals surface area contributed by atoms with Crippen LogP contribution in [0.4, 0.5) is 0 Å². The molecule has 4 atom stereocenters. The monoisotopic (exact) mass is 310 g/mol. The van der Waals surface area contributed by atoms with Gasteiger partial charge in [-0.15, -0.1) is 0 Å². The van der Waals surface area contributed by atoms with Crippen LogP contribution in [0.3, 0.4) is 0 Å². The lowest BCUT2D eigenvalue weighted by Crippen LogP contribution is -2.27. The van der Waals surface area contributed by atoms with Gasteiger partial charge in [0.15, 0.2) is 6.04 Å². The van der Waals surface area contributed by atoms with Crippen LogP contribution in [0.5, 0.6) is 0 Å². The van der Waals surface area contributed by atoms with Crippen molar-refractivity contribution in [1.29, 1.82) is 0 Å². The number of nitrogens with zero attached hydrogens (tertiary/aromatic N) is 2. The Balaban J connectivity index is 1.47. The summed E-state index contributed by atoms with van der Waals surface area (Å²) >= 11 is 0. The fourth-order valence-corrected chi connectivity index (χ4v) is 4.31. The van der Waals surface area contributed by atoms with Gasteiger partial charge in [0.25, 0.3) is 0 Å². The van der Waals surface area contributed by atoms with Gasteiger partial charge in [0.1, 0.15) is 0 Å². The molecule has 1 aromatic carbocycles. The number of carbonyl (C=O) groups is 1. The van der Waals surface area contributed by atoms with Gasteiger partial charge in [-0.3, -0.25) is 4.68 Å². The molecule has 2 fully saturated rings. The second-order valence-corrected chi connectivity index (χ2v) is 6.86. The quantitative estimate of drug-likeness (QED) is 0.795. The van der Waals surface area contributed by atoms with Crippen LogP contribution in [0, 0.1) is 17.8 Å². The van der Waals surface area contributed by atoms with Crippen LogP contribution in [0.1, 0.15) is 37.3 Å². The Hall–Kier alpha value is -2.10. The highest BCUT2D eigenvalue weighted by Crippen LogP contribution is 2.48. The minimum absolute atomic E-state index is 0.206. The van der Waals surface area contributed by atoms with Crippen LogP contribution < -0.4 is 0 Å². The van der Waals surface area contributed by atoms with Crippen LogP contribution >= 0.6 is 0 Å². The van der Waals surface area contributed by atoms with E-state index in [1.807, 2.05) is 42.6 Å². The van der Waals surface area contributed by atoms with Crippen molar-refractivity contribution in [2.45, 2.75) is 31.7 Å². The average molecular weight is 310 g/mol. The van der Waals surface area contributed by atoms with Gasteiger partial charge in [0.2, 0.25) is 0 Å². The maximum absolute atomic E-state index is 12.7. The Morgan fingerprint density at radius 3 is 2.74 bits per heavy atom. The maximum atomic E-state index is 12.7. The Morgan fingerprint density at radius 1 is 1.22 bits per heavy atom. The average Bonchev–Trinajstić information content (AvgIpc) is 3.32. The number of fused-ring (bicyclic) bond motifs is 2. The third-order valence-corrected chi connectivity index (χ3v) is 5.45. The molecule has 0 radical (unpaired) electrons. The van der Waals surface area contributed by atoms with E-state index >= 15 is 0 Å². The normalized spacial score (nSPS) is 27.0. The molecule has 2 bridgehead atoms. The van der Waals surface area contributed by atoms with E-state index in [1.165, 1.54) is 25.7 Å². The molecule has 0 aliphatic heterocycles. The van der Waals surface area contributed by atoms with Crippen molar-refractivity contribution in [3.8, 4) is 0 Å². The van der Waals surface area contributed by atoms with E-state index in [0.29, 0.717) is 12.5 Å². The first-order valence-electron chi connectivity index (χ1n) is 8.52. The number of hydrogen-bond acceptors (Lipinski definition) is 3. The minimum atomic E-state index is -0.496. The van der Waals surface area contributed by atoms with E-state index < -0.39 is 6.04 Å². The molecule has 0 amide bonds. The smallest absolute Gasteiger partial charge is 0.335 e. The van der Waals surface area contributed by atoms with Crippen molar-refractivity contribution in [3.63, 3.8) is 0 Å². The molecule has 0 spiro atoms. The first kappa shape index (κ1) is 14.5. The highest BCUT2D eigenvalue weighted by atomic mass is 16.5. The third kappa shape index (κ3) is 2.90. The van der Waals surface area contributed by atoms with Crippen molar-refractivity contribution in [2.24, 2.45) is 17.8 Å². The van der Waals surface area contributed by atoms with Gasteiger partial charge in [-0.2, -0.15) is 5.10 Å². The van der Waals surface area contributed by atoms with Gasteiger partial charge < -0.3 is 4.74 Å².